The summed E-state index contributed by atoms with van der Waals surface area (Å²) in [5.74, 6) is 3.60. The van der Waals surface area contributed by atoms with E-state index in [-0.39, 0.29) is 6.10 Å². The third kappa shape index (κ3) is 5.35. The summed E-state index contributed by atoms with van der Waals surface area (Å²) in [6.45, 7) is 4.70. The van der Waals surface area contributed by atoms with Crippen LogP contribution < -0.4 is 0 Å². The molecule has 4 atom stereocenters. The summed E-state index contributed by atoms with van der Waals surface area (Å²) in [7, 11) is 0. The van der Waals surface area contributed by atoms with E-state index in [0.717, 1.165) is 30.3 Å². The number of aliphatic hydroxyl groups excluding tert-OH is 1. The van der Waals surface area contributed by atoms with Crippen LogP contribution >= 0.6 is 0 Å². The normalized spacial score (nSPS) is 36.0. The average Bonchev–Trinajstić information content (AvgIpc) is 2.84. The molecule has 3 aliphatic carbocycles. The fourth-order valence-electron chi connectivity index (χ4n) is 8.67. The SMILES string of the molecule is OC(CN1CCN2CC1CCC2C(C1CCCCC1)C1CCCCC1)C1CCCCC1. The summed E-state index contributed by atoms with van der Waals surface area (Å²) in [5.41, 5.74) is 0. The Labute approximate surface area is 192 Å². The van der Waals surface area contributed by atoms with Crippen LogP contribution in [0.1, 0.15) is 109 Å². The molecular weight excluding hydrogens is 380 g/mol. The van der Waals surface area contributed by atoms with E-state index in [1.165, 1.54) is 129 Å². The fourth-order valence-corrected chi connectivity index (χ4v) is 8.67. The van der Waals surface area contributed by atoms with Gasteiger partial charge in [-0.15, -0.1) is 0 Å². The molecular formula is C28H50N2O. The van der Waals surface area contributed by atoms with Gasteiger partial charge in [-0.25, -0.2) is 0 Å². The molecule has 0 aromatic heterocycles. The van der Waals surface area contributed by atoms with Crippen LogP contribution in [0.5, 0.6) is 0 Å². The van der Waals surface area contributed by atoms with Crippen LogP contribution in [0.4, 0.5) is 0 Å². The number of β-amino-alcohol motifs (C(OH)–C–C–N with tert-alkyl or cyclic N) is 1. The summed E-state index contributed by atoms with van der Waals surface area (Å²) in [6.07, 6.45) is 24.4. The lowest BCUT2D eigenvalue weighted by atomic mass is 9.65. The number of piperidine rings is 1. The topological polar surface area (TPSA) is 26.7 Å². The molecule has 0 radical (unpaired) electrons. The van der Waals surface area contributed by atoms with E-state index in [9.17, 15) is 5.11 Å². The van der Waals surface area contributed by atoms with Gasteiger partial charge in [-0.2, -0.15) is 0 Å². The van der Waals surface area contributed by atoms with Crippen molar-refractivity contribution < 1.29 is 5.11 Å². The van der Waals surface area contributed by atoms with Gasteiger partial charge >= 0.3 is 0 Å². The van der Waals surface area contributed by atoms with Gasteiger partial charge in [-0.3, -0.25) is 9.80 Å². The van der Waals surface area contributed by atoms with E-state index >= 15 is 0 Å². The van der Waals surface area contributed by atoms with Crippen molar-refractivity contribution in [3.05, 3.63) is 0 Å². The molecule has 0 aromatic carbocycles. The van der Waals surface area contributed by atoms with Crippen molar-refractivity contribution in [3.8, 4) is 0 Å². The standard InChI is InChI=1S/C28H50N2O/c31-27(22-10-4-1-5-11-22)21-29-18-19-30-20-25(29)16-17-26(30)28(23-12-6-2-7-13-23)24-14-8-3-9-15-24/h22-28,31H,1-21H2. The van der Waals surface area contributed by atoms with E-state index in [1.54, 1.807) is 0 Å². The summed E-state index contributed by atoms with van der Waals surface area (Å²) < 4.78 is 0. The van der Waals surface area contributed by atoms with Crippen molar-refractivity contribution in [1.29, 1.82) is 0 Å². The van der Waals surface area contributed by atoms with Gasteiger partial charge < -0.3 is 5.11 Å². The highest BCUT2D eigenvalue weighted by Crippen LogP contribution is 2.45. The van der Waals surface area contributed by atoms with Crippen LogP contribution in [0.15, 0.2) is 0 Å². The minimum atomic E-state index is -0.0817. The van der Waals surface area contributed by atoms with Gasteiger partial charge in [0.2, 0.25) is 0 Å². The number of piperazine rings is 1. The van der Waals surface area contributed by atoms with E-state index < -0.39 is 0 Å². The minimum absolute atomic E-state index is 0.0817. The van der Waals surface area contributed by atoms with Crippen LogP contribution in [-0.2, 0) is 0 Å². The molecule has 5 fully saturated rings. The molecule has 31 heavy (non-hydrogen) atoms. The van der Waals surface area contributed by atoms with Crippen LogP contribution in [0, 0.1) is 23.7 Å². The van der Waals surface area contributed by atoms with E-state index in [0.29, 0.717) is 12.0 Å². The molecule has 2 saturated heterocycles. The highest BCUT2D eigenvalue weighted by atomic mass is 16.3. The first-order chi connectivity index (χ1) is 15.3. The second-order valence-corrected chi connectivity index (χ2v) is 12.1. The summed E-state index contributed by atoms with van der Waals surface area (Å²) in [4.78, 5) is 5.65. The van der Waals surface area contributed by atoms with Crippen molar-refractivity contribution in [2.75, 3.05) is 26.2 Å². The lowest BCUT2D eigenvalue weighted by Gasteiger charge is -2.54. The molecule has 1 N–H and O–H groups in total. The molecule has 3 saturated carbocycles. The molecule has 5 rings (SSSR count). The minimum Gasteiger partial charge on any atom is -0.392 e. The molecule has 0 spiro atoms. The maximum absolute atomic E-state index is 10.9. The first kappa shape index (κ1) is 22.7. The van der Waals surface area contributed by atoms with E-state index in [4.69, 9.17) is 0 Å². The number of fused-ring (bicyclic) bond motifs is 2. The number of rotatable bonds is 6. The van der Waals surface area contributed by atoms with Crippen LogP contribution in [0.2, 0.25) is 0 Å². The molecule has 0 aromatic rings. The molecule has 4 unspecified atom stereocenters. The van der Waals surface area contributed by atoms with Gasteiger partial charge in [-0.05, 0) is 49.4 Å². The first-order valence-electron chi connectivity index (χ1n) is 14.5. The summed E-state index contributed by atoms with van der Waals surface area (Å²) in [6, 6.07) is 1.58. The number of hydrogen-bond donors (Lipinski definition) is 1. The predicted octanol–water partition coefficient (Wildman–Crippen LogP) is 5.85. The molecule has 3 heteroatoms. The summed E-state index contributed by atoms with van der Waals surface area (Å²) in [5, 5.41) is 10.9. The Morgan fingerprint density at radius 1 is 0.613 bits per heavy atom. The Balaban J connectivity index is 1.21. The monoisotopic (exact) mass is 430 g/mol. The number of hydrogen-bond acceptors (Lipinski definition) is 3. The lowest BCUT2D eigenvalue weighted by molar-refractivity contribution is -0.0617. The smallest absolute Gasteiger partial charge is 0.0695 e. The van der Waals surface area contributed by atoms with Gasteiger partial charge in [0, 0.05) is 38.3 Å². The quantitative estimate of drug-likeness (QED) is 0.572. The third-order valence-corrected chi connectivity index (χ3v) is 10.3. The Morgan fingerprint density at radius 2 is 1.16 bits per heavy atom. The maximum Gasteiger partial charge on any atom is 0.0695 e. The second-order valence-electron chi connectivity index (χ2n) is 12.1. The number of aliphatic hydroxyl groups is 1. The average molecular weight is 431 g/mol. The zero-order valence-electron chi connectivity index (χ0n) is 20.2. The fraction of sp³-hybridized carbons (Fsp3) is 1.00. The van der Waals surface area contributed by atoms with E-state index in [2.05, 4.69) is 9.80 Å². The van der Waals surface area contributed by atoms with Crippen molar-refractivity contribution in [3.63, 3.8) is 0 Å². The van der Waals surface area contributed by atoms with Crippen molar-refractivity contribution in [2.24, 2.45) is 23.7 Å². The Kier molecular flexibility index (Phi) is 7.95. The molecule has 2 heterocycles. The van der Waals surface area contributed by atoms with Crippen molar-refractivity contribution in [2.45, 2.75) is 127 Å². The van der Waals surface area contributed by atoms with E-state index in [1.807, 2.05) is 0 Å². The summed E-state index contributed by atoms with van der Waals surface area (Å²) >= 11 is 0. The van der Waals surface area contributed by atoms with Gasteiger partial charge in [0.15, 0.2) is 0 Å². The third-order valence-electron chi connectivity index (χ3n) is 10.3. The molecule has 0 amide bonds. The number of nitrogens with zero attached hydrogens (tertiary/aromatic N) is 2. The molecule has 2 aliphatic heterocycles. The maximum atomic E-state index is 10.9. The predicted molar refractivity (Wildman–Crippen MR) is 129 cm³/mol. The molecule has 2 bridgehead atoms. The first-order valence-corrected chi connectivity index (χ1v) is 14.5. The largest absolute Gasteiger partial charge is 0.392 e. The van der Waals surface area contributed by atoms with Gasteiger partial charge in [-0.1, -0.05) is 83.5 Å². The van der Waals surface area contributed by atoms with Gasteiger partial charge in [0.05, 0.1) is 6.10 Å². The second kappa shape index (κ2) is 10.9. The van der Waals surface area contributed by atoms with Crippen LogP contribution in [0.3, 0.4) is 0 Å². The zero-order chi connectivity index (χ0) is 21.0. The Morgan fingerprint density at radius 3 is 1.74 bits per heavy atom. The Hall–Kier alpha value is -0.120. The Bertz CT molecular complexity index is 517. The molecule has 178 valence electrons. The molecule has 5 aliphatic rings. The lowest BCUT2D eigenvalue weighted by Crippen LogP contribution is -2.63. The highest BCUT2D eigenvalue weighted by Gasteiger charge is 2.44. The van der Waals surface area contributed by atoms with Gasteiger partial charge in [0.1, 0.15) is 0 Å². The van der Waals surface area contributed by atoms with Crippen LogP contribution in [0.25, 0.3) is 0 Å². The van der Waals surface area contributed by atoms with Crippen molar-refractivity contribution in [1.82, 2.24) is 9.80 Å². The molecule has 3 nitrogen and oxygen atoms in total. The van der Waals surface area contributed by atoms with Crippen LogP contribution in [-0.4, -0.2) is 59.3 Å². The zero-order valence-corrected chi connectivity index (χ0v) is 20.2. The van der Waals surface area contributed by atoms with Gasteiger partial charge in [0.25, 0.3) is 0 Å². The highest BCUT2D eigenvalue weighted by molar-refractivity contribution is 4.98. The van der Waals surface area contributed by atoms with Crippen molar-refractivity contribution >= 4 is 0 Å².